The van der Waals surface area contributed by atoms with E-state index in [1.807, 2.05) is 23.9 Å². The Morgan fingerprint density at radius 3 is 2.82 bits per heavy atom. The van der Waals surface area contributed by atoms with Crippen molar-refractivity contribution in [1.29, 1.82) is 0 Å². The largest absolute Gasteiger partial charge is 0.354 e. The lowest BCUT2D eigenvalue weighted by Gasteiger charge is -2.26. The zero-order valence-electron chi connectivity index (χ0n) is 10.1. The molecule has 0 aromatic carbocycles. The van der Waals surface area contributed by atoms with Crippen molar-refractivity contribution in [1.82, 2.24) is 10.2 Å². The summed E-state index contributed by atoms with van der Waals surface area (Å²) in [5.41, 5.74) is 5.73. The van der Waals surface area contributed by atoms with Crippen LogP contribution in [0.15, 0.2) is 12.2 Å². The van der Waals surface area contributed by atoms with Crippen LogP contribution in [0, 0.1) is 5.92 Å². The van der Waals surface area contributed by atoms with Crippen molar-refractivity contribution in [3.8, 4) is 0 Å². The molecule has 3 N–H and O–H groups in total. The van der Waals surface area contributed by atoms with Crippen LogP contribution in [-0.2, 0) is 4.79 Å². The monoisotopic (exact) mass is 255 g/mol. The summed E-state index contributed by atoms with van der Waals surface area (Å²) in [6, 6.07) is 0.0601. The summed E-state index contributed by atoms with van der Waals surface area (Å²) >= 11 is 2.01. The van der Waals surface area contributed by atoms with E-state index in [4.69, 9.17) is 5.73 Å². The van der Waals surface area contributed by atoms with Gasteiger partial charge >= 0.3 is 0 Å². The first-order chi connectivity index (χ1) is 8.25. The molecule has 0 bridgehead atoms. The molecule has 4 nitrogen and oxygen atoms in total. The summed E-state index contributed by atoms with van der Waals surface area (Å²) < 4.78 is 0. The molecule has 0 aromatic heterocycles. The third-order valence-electron chi connectivity index (χ3n) is 3.28. The third kappa shape index (κ3) is 4.01. The average molecular weight is 255 g/mol. The number of hydrogen-bond acceptors (Lipinski definition) is 4. The lowest BCUT2D eigenvalue weighted by atomic mass is 10.1. The van der Waals surface area contributed by atoms with E-state index in [-0.39, 0.29) is 17.9 Å². The second-order valence-corrected chi connectivity index (χ2v) is 5.86. The number of nitrogens with two attached hydrogens (primary N) is 1. The highest BCUT2D eigenvalue weighted by molar-refractivity contribution is 7.99. The number of nitrogens with one attached hydrogen (secondary N) is 1. The molecule has 2 unspecified atom stereocenters. The molecule has 1 amide bonds. The molecule has 2 aliphatic rings. The number of amides is 1. The van der Waals surface area contributed by atoms with Crippen LogP contribution in [0.1, 0.15) is 6.42 Å². The lowest BCUT2D eigenvalue weighted by molar-refractivity contribution is -0.123. The van der Waals surface area contributed by atoms with Crippen LogP contribution in [0.4, 0.5) is 0 Å². The fourth-order valence-electron chi connectivity index (χ4n) is 2.21. The zero-order chi connectivity index (χ0) is 12.1. The van der Waals surface area contributed by atoms with Gasteiger partial charge in [0.15, 0.2) is 0 Å². The molecule has 17 heavy (non-hydrogen) atoms. The highest BCUT2D eigenvalue weighted by Crippen LogP contribution is 2.16. The van der Waals surface area contributed by atoms with Crippen LogP contribution in [-0.4, -0.2) is 54.5 Å². The number of hydrogen-bond donors (Lipinski definition) is 2. The van der Waals surface area contributed by atoms with Gasteiger partial charge in [-0.15, -0.1) is 0 Å². The number of rotatable bonds is 4. The van der Waals surface area contributed by atoms with Gasteiger partial charge in [0.05, 0.1) is 5.92 Å². The Morgan fingerprint density at radius 1 is 1.41 bits per heavy atom. The first-order valence-corrected chi connectivity index (χ1v) is 7.43. The Kier molecular flexibility index (Phi) is 4.88. The number of carbonyl (C=O) groups excluding carboxylic acids is 1. The van der Waals surface area contributed by atoms with E-state index >= 15 is 0 Å². The highest BCUT2D eigenvalue weighted by atomic mass is 32.2. The molecule has 0 saturated carbocycles. The van der Waals surface area contributed by atoms with Gasteiger partial charge in [-0.2, -0.15) is 11.8 Å². The Labute approximate surface area is 107 Å². The van der Waals surface area contributed by atoms with Gasteiger partial charge in [0.1, 0.15) is 0 Å². The van der Waals surface area contributed by atoms with E-state index in [1.165, 1.54) is 11.5 Å². The minimum absolute atomic E-state index is 0.0121. The van der Waals surface area contributed by atoms with Crippen LogP contribution < -0.4 is 11.1 Å². The number of carbonyl (C=O) groups is 1. The summed E-state index contributed by atoms with van der Waals surface area (Å²) in [5.74, 6) is 2.55. The van der Waals surface area contributed by atoms with Crippen LogP contribution in [0.5, 0.6) is 0 Å². The molecular weight excluding hydrogens is 234 g/mol. The lowest BCUT2D eigenvalue weighted by Crippen LogP contribution is -2.40. The van der Waals surface area contributed by atoms with E-state index in [0.717, 1.165) is 32.6 Å². The Morgan fingerprint density at radius 2 is 2.18 bits per heavy atom. The first-order valence-electron chi connectivity index (χ1n) is 6.27. The molecule has 1 aliphatic carbocycles. The molecule has 0 radical (unpaired) electrons. The Balaban J connectivity index is 1.61. The van der Waals surface area contributed by atoms with Crippen molar-refractivity contribution in [3.05, 3.63) is 12.2 Å². The van der Waals surface area contributed by atoms with Crippen molar-refractivity contribution < 1.29 is 4.79 Å². The predicted octanol–water partition coefficient (Wildman–Crippen LogP) is 0.0548. The Bertz CT molecular complexity index is 289. The maximum absolute atomic E-state index is 11.8. The predicted molar refractivity (Wildman–Crippen MR) is 72.0 cm³/mol. The van der Waals surface area contributed by atoms with Gasteiger partial charge < -0.3 is 11.1 Å². The minimum Gasteiger partial charge on any atom is -0.354 e. The van der Waals surface area contributed by atoms with Gasteiger partial charge in [-0.3, -0.25) is 9.69 Å². The topological polar surface area (TPSA) is 58.4 Å². The normalized spacial score (nSPS) is 29.5. The molecule has 1 aliphatic heterocycles. The van der Waals surface area contributed by atoms with Crippen molar-refractivity contribution in [3.63, 3.8) is 0 Å². The third-order valence-corrected chi connectivity index (χ3v) is 4.23. The second-order valence-electron chi connectivity index (χ2n) is 4.64. The molecule has 0 aromatic rings. The summed E-state index contributed by atoms with van der Waals surface area (Å²) in [6.07, 6.45) is 4.61. The average Bonchev–Trinajstić information content (AvgIpc) is 2.77. The molecule has 0 spiro atoms. The van der Waals surface area contributed by atoms with E-state index < -0.39 is 0 Å². The summed E-state index contributed by atoms with van der Waals surface area (Å²) in [4.78, 5) is 14.2. The molecule has 2 atom stereocenters. The Hall–Kier alpha value is -0.520. The van der Waals surface area contributed by atoms with E-state index in [1.54, 1.807) is 0 Å². The van der Waals surface area contributed by atoms with Gasteiger partial charge in [-0.05, 0) is 6.42 Å². The summed E-state index contributed by atoms with van der Waals surface area (Å²) in [6.45, 7) is 4.02. The van der Waals surface area contributed by atoms with Crippen LogP contribution in [0.2, 0.25) is 0 Å². The minimum atomic E-state index is -0.0121. The fraction of sp³-hybridized carbons (Fsp3) is 0.750. The molecule has 1 saturated heterocycles. The van der Waals surface area contributed by atoms with Crippen molar-refractivity contribution >= 4 is 17.7 Å². The van der Waals surface area contributed by atoms with Gasteiger partial charge in [-0.1, -0.05) is 12.2 Å². The van der Waals surface area contributed by atoms with Crippen LogP contribution in [0.25, 0.3) is 0 Å². The summed E-state index contributed by atoms with van der Waals surface area (Å²) in [5, 5.41) is 3.00. The molecule has 1 heterocycles. The van der Waals surface area contributed by atoms with Crippen LogP contribution in [0.3, 0.4) is 0 Å². The van der Waals surface area contributed by atoms with Crippen molar-refractivity contribution in [2.75, 3.05) is 37.7 Å². The highest BCUT2D eigenvalue weighted by Gasteiger charge is 2.22. The van der Waals surface area contributed by atoms with Gasteiger partial charge in [-0.25, -0.2) is 0 Å². The number of nitrogens with zero attached hydrogens (tertiary/aromatic N) is 1. The molecule has 96 valence electrons. The quantitative estimate of drug-likeness (QED) is 0.697. The maximum Gasteiger partial charge on any atom is 0.227 e. The van der Waals surface area contributed by atoms with Gasteiger partial charge in [0.25, 0.3) is 0 Å². The fourth-order valence-corrected chi connectivity index (χ4v) is 3.19. The molecular formula is C12H21N3OS. The van der Waals surface area contributed by atoms with Gasteiger partial charge in [0.2, 0.25) is 5.91 Å². The van der Waals surface area contributed by atoms with E-state index in [2.05, 4.69) is 10.2 Å². The second kappa shape index (κ2) is 6.42. The standard InChI is InChI=1S/C12H21N3OS/c13-11-2-1-10(9-11)12(16)14-3-4-15-5-7-17-8-6-15/h1-2,10-11H,3-9,13H2,(H,14,16). The van der Waals surface area contributed by atoms with E-state index in [0.29, 0.717) is 0 Å². The van der Waals surface area contributed by atoms with Crippen LogP contribution >= 0.6 is 11.8 Å². The molecule has 2 rings (SSSR count). The van der Waals surface area contributed by atoms with Crippen molar-refractivity contribution in [2.45, 2.75) is 12.5 Å². The SMILES string of the molecule is NC1C=CC(C(=O)NCCN2CCSCC2)C1. The molecule has 1 fully saturated rings. The zero-order valence-corrected chi connectivity index (χ0v) is 10.9. The van der Waals surface area contributed by atoms with Gasteiger partial charge in [0, 0.05) is 43.7 Å². The summed E-state index contributed by atoms with van der Waals surface area (Å²) in [7, 11) is 0. The number of thioether (sulfide) groups is 1. The van der Waals surface area contributed by atoms with Crippen molar-refractivity contribution in [2.24, 2.45) is 11.7 Å². The smallest absolute Gasteiger partial charge is 0.227 e. The maximum atomic E-state index is 11.8. The van der Waals surface area contributed by atoms with E-state index in [9.17, 15) is 4.79 Å². The molecule has 5 heteroatoms. The first kappa shape index (κ1) is 12.9.